The van der Waals surface area contributed by atoms with Crippen LogP contribution in [0, 0.1) is 0 Å². The van der Waals surface area contributed by atoms with Crippen LogP contribution >= 0.6 is 0 Å². The minimum atomic E-state index is -2.27. The molecule has 4 nitrogen and oxygen atoms in total. The Labute approximate surface area is 53.7 Å². The molecule has 0 aromatic heterocycles. The second-order valence-electron chi connectivity index (χ2n) is 1.55. The van der Waals surface area contributed by atoms with E-state index in [1.54, 1.807) is 6.92 Å². The Morgan fingerprint density at radius 3 is 2.67 bits per heavy atom. The molecule has 0 saturated heterocycles. The summed E-state index contributed by atoms with van der Waals surface area (Å²) in [6, 6.07) is 0. The van der Waals surface area contributed by atoms with Crippen LogP contribution in [0.15, 0.2) is 4.99 Å². The fourth-order valence-corrected chi connectivity index (χ4v) is 0.842. The Morgan fingerprint density at radius 2 is 2.44 bits per heavy atom. The predicted molar refractivity (Wildman–Crippen MR) is 33.0 cm³/mol. The summed E-state index contributed by atoms with van der Waals surface area (Å²) in [5, 5.41) is -0.0810. The molecule has 5 heteroatoms. The van der Waals surface area contributed by atoms with Crippen LogP contribution in [0.2, 0.25) is 0 Å². The molecule has 0 N–H and O–H groups in total. The van der Waals surface area contributed by atoms with Gasteiger partial charge in [-0.2, -0.15) is 8.42 Å². The van der Waals surface area contributed by atoms with Crippen molar-refractivity contribution in [2.24, 2.45) is 4.99 Å². The molecule has 0 saturated carbocycles. The first kappa shape index (κ1) is 6.44. The van der Waals surface area contributed by atoms with Crippen LogP contribution in [-0.4, -0.2) is 25.9 Å². The third-order valence-corrected chi connectivity index (χ3v) is 1.37. The molecular formula is C4H5NO3S. The molecule has 1 unspecified atom stereocenters. The standard InChI is InChI=1S/C4H5NO3S/c1-3-5-2-4(8-3)9(6)7/h2-3H,1H3. The van der Waals surface area contributed by atoms with Crippen molar-refractivity contribution in [1.82, 2.24) is 0 Å². The molecule has 0 amide bonds. The third kappa shape index (κ3) is 1.36. The van der Waals surface area contributed by atoms with Crippen LogP contribution < -0.4 is 0 Å². The van der Waals surface area contributed by atoms with Crippen LogP contribution in [-0.2, 0) is 15.0 Å². The lowest BCUT2D eigenvalue weighted by molar-refractivity contribution is 0.243. The van der Waals surface area contributed by atoms with Gasteiger partial charge in [0.15, 0.2) is 6.23 Å². The van der Waals surface area contributed by atoms with Gasteiger partial charge in [-0.05, 0) is 6.92 Å². The van der Waals surface area contributed by atoms with Gasteiger partial charge in [0.2, 0.25) is 15.3 Å². The minimum absolute atomic E-state index is 0.0810. The summed E-state index contributed by atoms with van der Waals surface area (Å²) in [5.74, 6) is 0. The van der Waals surface area contributed by atoms with E-state index < -0.39 is 10.3 Å². The maximum Gasteiger partial charge on any atom is 0.246 e. The van der Waals surface area contributed by atoms with Crippen LogP contribution in [0.3, 0.4) is 0 Å². The molecule has 1 rings (SSSR count). The Kier molecular flexibility index (Phi) is 1.63. The molecule has 1 aliphatic rings. The molecule has 1 atom stereocenters. The summed E-state index contributed by atoms with van der Waals surface area (Å²) in [5.41, 5.74) is 0. The van der Waals surface area contributed by atoms with Crippen LogP contribution in [0.25, 0.3) is 0 Å². The summed E-state index contributed by atoms with van der Waals surface area (Å²) in [7, 11) is -2.27. The minimum Gasteiger partial charge on any atom is -0.304 e. The number of hydrogen-bond acceptors (Lipinski definition) is 4. The van der Waals surface area contributed by atoms with Gasteiger partial charge in [0.1, 0.15) is 0 Å². The maximum absolute atomic E-state index is 10.1. The van der Waals surface area contributed by atoms with Crippen molar-refractivity contribution in [3.8, 4) is 0 Å². The molecular weight excluding hydrogens is 142 g/mol. The van der Waals surface area contributed by atoms with Gasteiger partial charge in [-0.3, -0.25) is 4.99 Å². The first-order valence-corrected chi connectivity index (χ1v) is 3.43. The van der Waals surface area contributed by atoms with Gasteiger partial charge in [-0.1, -0.05) is 0 Å². The van der Waals surface area contributed by atoms with Crippen molar-refractivity contribution in [2.45, 2.75) is 13.2 Å². The summed E-state index contributed by atoms with van der Waals surface area (Å²) in [6.07, 6.45) is 0.853. The lowest BCUT2D eigenvalue weighted by Gasteiger charge is -1.92. The summed E-state index contributed by atoms with van der Waals surface area (Å²) in [4.78, 5) is 3.66. The summed E-state index contributed by atoms with van der Waals surface area (Å²) in [6.45, 7) is 1.66. The highest BCUT2D eigenvalue weighted by Gasteiger charge is 2.11. The highest BCUT2D eigenvalue weighted by molar-refractivity contribution is 7.74. The van der Waals surface area contributed by atoms with E-state index in [-0.39, 0.29) is 11.3 Å². The predicted octanol–water partition coefficient (Wildman–Crippen LogP) is -0.558. The van der Waals surface area contributed by atoms with Crippen molar-refractivity contribution in [3.63, 3.8) is 0 Å². The Balaban J connectivity index is 2.97. The van der Waals surface area contributed by atoms with E-state index in [4.69, 9.17) is 4.74 Å². The molecule has 1 aliphatic heterocycles. The molecule has 50 valence electrons. The highest BCUT2D eigenvalue weighted by Crippen LogP contribution is 1.98. The van der Waals surface area contributed by atoms with E-state index >= 15 is 0 Å². The van der Waals surface area contributed by atoms with Crippen molar-refractivity contribution < 1.29 is 13.2 Å². The molecule has 0 bridgehead atoms. The molecule has 0 fully saturated rings. The van der Waals surface area contributed by atoms with Crippen LogP contribution in [0.5, 0.6) is 0 Å². The first-order chi connectivity index (χ1) is 4.20. The van der Waals surface area contributed by atoms with Gasteiger partial charge in [0.05, 0.1) is 6.21 Å². The van der Waals surface area contributed by atoms with E-state index in [0.29, 0.717) is 0 Å². The summed E-state index contributed by atoms with van der Waals surface area (Å²) >= 11 is 0. The lowest BCUT2D eigenvalue weighted by atomic mass is 10.7. The average molecular weight is 147 g/mol. The van der Waals surface area contributed by atoms with Crippen molar-refractivity contribution in [1.29, 1.82) is 0 Å². The first-order valence-electron chi connectivity index (χ1n) is 2.36. The zero-order valence-electron chi connectivity index (χ0n) is 4.73. The fourth-order valence-electron chi connectivity index (χ4n) is 0.477. The molecule has 9 heavy (non-hydrogen) atoms. The van der Waals surface area contributed by atoms with Gasteiger partial charge < -0.3 is 4.74 Å². The van der Waals surface area contributed by atoms with E-state index in [9.17, 15) is 8.42 Å². The Bertz CT molecular complexity index is 256. The normalized spacial score (nSPS) is 25.0. The molecule has 0 aliphatic carbocycles. The van der Waals surface area contributed by atoms with E-state index in [2.05, 4.69) is 4.99 Å². The van der Waals surface area contributed by atoms with Gasteiger partial charge >= 0.3 is 0 Å². The average Bonchev–Trinajstić information content (AvgIpc) is 2.14. The van der Waals surface area contributed by atoms with Gasteiger partial charge in [-0.15, -0.1) is 0 Å². The highest BCUT2D eigenvalue weighted by atomic mass is 32.2. The van der Waals surface area contributed by atoms with Crippen molar-refractivity contribution >= 4 is 21.6 Å². The summed E-state index contributed by atoms with van der Waals surface area (Å²) < 4.78 is 24.9. The molecule has 1 heterocycles. The Morgan fingerprint density at radius 1 is 1.78 bits per heavy atom. The third-order valence-electron chi connectivity index (χ3n) is 0.841. The van der Waals surface area contributed by atoms with Crippen LogP contribution in [0.1, 0.15) is 6.92 Å². The SMILES string of the molecule is CC1N=CC(=S(=O)=O)O1. The smallest absolute Gasteiger partial charge is 0.246 e. The van der Waals surface area contributed by atoms with Crippen molar-refractivity contribution in [2.75, 3.05) is 0 Å². The number of aliphatic imine (C=N–C) groups is 1. The number of ether oxygens (including phenoxy) is 1. The molecule has 0 radical (unpaired) electrons. The monoisotopic (exact) mass is 147 g/mol. The van der Waals surface area contributed by atoms with E-state index in [0.717, 1.165) is 0 Å². The number of hydrogen-bond donors (Lipinski definition) is 0. The van der Waals surface area contributed by atoms with E-state index in [1.165, 1.54) is 6.21 Å². The number of nitrogens with zero attached hydrogens (tertiary/aromatic N) is 1. The number of rotatable bonds is 0. The van der Waals surface area contributed by atoms with Crippen molar-refractivity contribution in [3.05, 3.63) is 0 Å². The van der Waals surface area contributed by atoms with Gasteiger partial charge in [0.25, 0.3) is 0 Å². The fraction of sp³-hybridized carbons (Fsp3) is 0.500. The molecule has 0 spiro atoms. The Hall–Kier alpha value is -0.680. The molecule has 0 aromatic rings. The van der Waals surface area contributed by atoms with E-state index in [1.807, 2.05) is 0 Å². The maximum atomic E-state index is 10.1. The zero-order chi connectivity index (χ0) is 6.85. The largest absolute Gasteiger partial charge is 0.304 e. The van der Waals surface area contributed by atoms with Gasteiger partial charge in [-0.25, -0.2) is 0 Å². The zero-order valence-corrected chi connectivity index (χ0v) is 5.55. The quantitative estimate of drug-likeness (QED) is 0.432. The lowest BCUT2D eigenvalue weighted by Crippen LogP contribution is -2.04. The van der Waals surface area contributed by atoms with Crippen LogP contribution in [0.4, 0.5) is 0 Å². The second-order valence-corrected chi connectivity index (χ2v) is 2.42. The second kappa shape index (κ2) is 2.28. The molecule has 0 aromatic carbocycles. The topological polar surface area (TPSA) is 55.7 Å². The van der Waals surface area contributed by atoms with Gasteiger partial charge in [0, 0.05) is 0 Å².